The first-order chi connectivity index (χ1) is 14.0. The molecule has 0 aliphatic carbocycles. The molecule has 4 aliphatic rings. The number of pyridine rings is 1. The van der Waals surface area contributed by atoms with Gasteiger partial charge in [-0.05, 0) is 30.2 Å². The zero-order valence-electron chi connectivity index (χ0n) is 16.0. The van der Waals surface area contributed by atoms with Crippen LogP contribution >= 0.6 is 0 Å². The van der Waals surface area contributed by atoms with Crippen LogP contribution in [0.3, 0.4) is 0 Å². The van der Waals surface area contributed by atoms with Crippen LogP contribution in [-0.4, -0.2) is 67.7 Å². The summed E-state index contributed by atoms with van der Waals surface area (Å²) >= 11 is 0. The number of piperazine rings is 1. The average molecular weight is 396 g/mol. The minimum Gasteiger partial charge on any atom is -0.479 e. The first-order valence-electron chi connectivity index (χ1n) is 9.57. The maximum atomic E-state index is 13.9. The van der Waals surface area contributed by atoms with Crippen molar-refractivity contribution in [1.29, 1.82) is 5.26 Å². The van der Waals surface area contributed by atoms with Gasteiger partial charge in [-0.1, -0.05) is 0 Å². The van der Waals surface area contributed by atoms with E-state index >= 15 is 0 Å². The van der Waals surface area contributed by atoms with Crippen LogP contribution in [0.15, 0.2) is 24.5 Å². The van der Waals surface area contributed by atoms with Crippen LogP contribution in [0.4, 0.5) is 4.39 Å². The van der Waals surface area contributed by atoms with E-state index in [2.05, 4.69) is 26.0 Å². The highest BCUT2D eigenvalue weighted by molar-refractivity contribution is 5.56. The second-order valence-electron chi connectivity index (χ2n) is 7.88. The number of halogens is 1. The van der Waals surface area contributed by atoms with Crippen molar-refractivity contribution in [2.45, 2.75) is 37.3 Å². The van der Waals surface area contributed by atoms with Gasteiger partial charge in [-0.15, -0.1) is 0 Å². The van der Waals surface area contributed by atoms with Gasteiger partial charge >= 0.3 is 0 Å². The molecule has 3 saturated heterocycles. The highest BCUT2D eigenvalue weighted by atomic mass is 19.1. The van der Waals surface area contributed by atoms with Crippen molar-refractivity contribution in [3.05, 3.63) is 47.2 Å². The van der Waals surface area contributed by atoms with Gasteiger partial charge in [0.15, 0.2) is 11.5 Å². The molecular weight excluding hydrogens is 375 g/mol. The fraction of sp³-hybridized carbons (Fsp3) is 0.450. The predicted molar refractivity (Wildman–Crippen MR) is 101 cm³/mol. The molecule has 2 bridgehead atoms. The maximum Gasteiger partial charge on any atom is 0.250 e. The Hall–Kier alpha value is -2.80. The molecule has 8 nitrogen and oxygen atoms in total. The third-order valence-corrected chi connectivity index (χ3v) is 6.21. The van der Waals surface area contributed by atoms with Gasteiger partial charge in [0.25, 0.3) is 0 Å². The predicted octanol–water partition coefficient (Wildman–Crippen LogP) is 0.972. The molecule has 0 spiro atoms. The van der Waals surface area contributed by atoms with Crippen LogP contribution in [-0.2, 0) is 13.1 Å². The van der Waals surface area contributed by atoms with E-state index < -0.39 is 11.5 Å². The van der Waals surface area contributed by atoms with E-state index in [1.807, 2.05) is 0 Å². The molecule has 9 heteroatoms. The van der Waals surface area contributed by atoms with Gasteiger partial charge in [-0.3, -0.25) is 14.5 Å². The molecule has 2 aromatic rings. The van der Waals surface area contributed by atoms with Crippen molar-refractivity contribution in [3.8, 4) is 11.9 Å². The molecule has 2 aromatic heterocycles. The van der Waals surface area contributed by atoms with Crippen molar-refractivity contribution >= 4 is 6.08 Å². The lowest BCUT2D eigenvalue weighted by molar-refractivity contribution is -0.165. The molecule has 0 amide bonds. The first-order valence-corrected chi connectivity index (χ1v) is 9.57. The number of hydrogen-bond donors (Lipinski definition) is 1. The van der Waals surface area contributed by atoms with E-state index in [1.165, 1.54) is 19.4 Å². The van der Waals surface area contributed by atoms with E-state index in [4.69, 9.17) is 10.00 Å². The number of piperidine rings is 1. The van der Waals surface area contributed by atoms with Crippen LogP contribution in [0.2, 0.25) is 0 Å². The van der Waals surface area contributed by atoms with Crippen LogP contribution in [0.1, 0.15) is 23.2 Å². The van der Waals surface area contributed by atoms with Crippen molar-refractivity contribution in [3.63, 3.8) is 0 Å². The highest BCUT2D eigenvalue weighted by Crippen LogP contribution is 2.38. The molecule has 6 rings (SSSR count). The molecule has 3 unspecified atom stereocenters. The van der Waals surface area contributed by atoms with Gasteiger partial charge in [-0.2, -0.15) is 10.4 Å². The third kappa shape index (κ3) is 2.92. The number of hydrogen-bond acceptors (Lipinski definition) is 7. The molecule has 0 saturated carbocycles. The molecule has 3 atom stereocenters. The maximum absolute atomic E-state index is 13.9. The summed E-state index contributed by atoms with van der Waals surface area (Å²) in [5, 5.41) is 24.6. The van der Waals surface area contributed by atoms with Gasteiger partial charge in [-0.25, -0.2) is 9.37 Å². The summed E-state index contributed by atoms with van der Waals surface area (Å²) in [7, 11) is 1.40. The van der Waals surface area contributed by atoms with Crippen LogP contribution in [0, 0.1) is 17.1 Å². The second kappa shape index (κ2) is 6.62. The van der Waals surface area contributed by atoms with E-state index in [1.54, 1.807) is 23.0 Å². The van der Waals surface area contributed by atoms with Gasteiger partial charge in [0.2, 0.25) is 5.88 Å². The Bertz CT molecular complexity index is 1020. The van der Waals surface area contributed by atoms with Gasteiger partial charge in [0, 0.05) is 37.9 Å². The monoisotopic (exact) mass is 396 g/mol. The third-order valence-electron chi connectivity index (χ3n) is 6.21. The van der Waals surface area contributed by atoms with Crippen LogP contribution in [0.5, 0.6) is 5.88 Å². The Kier molecular flexibility index (Phi) is 4.17. The SMILES string of the molecule is COc1ncc(CN2C3CC2CN(C2(O)C=Cc4c(C#N)cnn4C2)C3)cc1F. The van der Waals surface area contributed by atoms with Gasteiger partial charge in [0.1, 0.15) is 6.07 Å². The lowest BCUT2D eigenvalue weighted by Crippen LogP contribution is -2.72. The zero-order chi connectivity index (χ0) is 20.2. The Balaban J connectivity index is 1.27. The number of methoxy groups -OCH3 is 1. The Morgan fingerprint density at radius 2 is 2.17 bits per heavy atom. The fourth-order valence-corrected chi connectivity index (χ4v) is 4.65. The molecular formula is C20H21FN6O2. The van der Waals surface area contributed by atoms with E-state index in [9.17, 15) is 9.50 Å². The molecule has 4 aliphatic heterocycles. The van der Waals surface area contributed by atoms with Crippen molar-refractivity contribution < 1.29 is 14.2 Å². The van der Waals surface area contributed by atoms with Crippen molar-refractivity contribution in [2.24, 2.45) is 0 Å². The number of ether oxygens (including phenoxy) is 1. The summed E-state index contributed by atoms with van der Waals surface area (Å²) in [6, 6.07) is 4.19. The molecule has 6 heterocycles. The minimum atomic E-state index is -1.12. The summed E-state index contributed by atoms with van der Waals surface area (Å²) in [4.78, 5) is 8.42. The normalized spacial score (nSPS) is 28.5. The lowest BCUT2D eigenvalue weighted by Gasteiger charge is -2.59. The summed E-state index contributed by atoms with van der Waals surface area (Å²) in [6.45, 7) is 2.35. The van der Waals surface area contributed by atoms with Crippen molar-refractivity contribution in [1.82, 2.24) is 24.6 Å². The number of nitrogens with zero attached hydrogens (tertiary/aromatic N) is 6. The van der Waals surface area contributed by atoms with E-state index in [0.29, 0.717) is 43.8 Å². The molecule has 150 valence electrons. The quantitative estimate of drug-likeness (QED) is 0.824. The standard InChI is InChI=1S/C20H21FN6O2/c1-29-19-17(21)4-13(7-23-19)9-26-15-5-16(26)11-25(10-15)20(28)3-2-18-14(6-22)8-24-27(18)12-20/h2-4,7-8,15-16,28H,5,9-12H2,1H3. The largest absolute Gasteiger partial charge is 0.479 e. The minimum absolute atomic E-state index is 0.00702. The second-order valence-corrected chi connectivity index (χ2v) is 7.88. The number of aliphatic hydroxyl groups is 1. The Labute approximate surface area is 167 Å². The Morgan fingerprint density at radius 1 is 1.38 bits per heavy atom. The Morgan fingerprint density at radius 3 is 2.86 bits per heavy atom. The number of rotatable bonds is 4. The fourth-order valence-electron chi connectivity index (χ4n) is 4.65. The molecule has 3 fully saturated rings. The van der Waals surface area contributed by atoms with Gasteiger partial charge in [0.05, 0.1) is 31.1 Å². The zero-order valence-corrected chi connectivity index (χ0v) is 16.0. The summed E-state index contributed by atoms with van der Waals surface area (Å²) < 4.78 is 20.5. The topological polar surface area (TPSA) is 90.4 Å². The van der Waals surface area contributed by atoms with Crippen LogP contribution < -0.4 is 4.74 Å². The van der Waals surface area contributed by atoms with Crippen LogP contribution in [0.25, 0.3) is 6.08 Å². The number of nitriles is 1. The summed E-state index contributed by atoms with van der Waals surface area (Å²) in [5.74, 6) is -0.446. The molecule has 0 radical (unpaired) electrons. The van der Waals surface area contributed by atoms with Crippen molar-refractivity contribution in [2.75, 3.05) is 20.2 Å². The smallest absolute Gasteiger partial charge is 0.250 e. The van der Waals surface area contributed by atoms with Gasteiger partial charge < -0.3 is 9.84 Å². The average Bonchev–Trinajstić information content (AvgIpc) is 3.14. The lowest BCUT2D eigenvalue weighted by atomic mass is 9.85. The molecule has 29 heavy (non-hydrogen) atoms. The summed E-state index contributed by atoms with van der Waals surface area (Å²) in [5.41, 5.74) is 0.932. The first kappa shape index (κ1) is 18.2. The number of aromatic nitrogens is 3. The van der Waals surface area contributed by atoms with E-state index in [0.717, 1.165) is 17.7 Å². The summed E-state index contributed by atoms with van der Waals surface area (Å²) in [6.07, 6.45) is 7.79. The molecule has 1 N–H and O–H groups in total. The molecule has 0 aromatic carbocycles. The van der Waals surface area contributed by atoms with E-state index in [-0.39, 0.29) is 5.88 Å². The number of fused-ring (bicyclic) bond motifs is 3. The highest BCUT2D eigenvalue weighted by Gasteiger charge is 2.49.